The Kier molecular flexibility index (Phi) is 3.99. The minimum atomic E-state index is -0.650. The fourth-order valence-corrected chi connectivity index (χ4v) is 2.80. The SMILES string of the molecule is O=C(OCCO)c1csc(C(=O)c2c[nH]c3ccccc23)n1. The molecule has 0 unspecified atom stereocenters. The zero-order valence-electron chi connectivity index (χ0n) is 11.4. The molecule has 6 nitrogen and oxygen atoms in total. The van der Waals surface area contributed by atoms with E-state index in [-0.39, 0.29) is 29.7 Å². The predicted molar refractivity (Wildman–Crippen MR) is 81.2 cm³/mol. The Hall–Kier alpha value is -2.51. The molecule has 3 aromatic rings. The lowest BCUT2D eigenvalue weighted by atomic mass is 10.1. The number of thiazole rings is 1. The molecule has 3 rings (SSSR count). The van der Waals surface area contributed by atoms with Crippen LogP contribution < -0.4 is 0 Å². The van der Waals surface area contributed by atoms with Gasteiger partial charge in [-0.1, -0.05) is 18.2 Å². The zero-order valence-corrected chi connectivity index (χ0v) is 12.2. The number of aromatic nitrogens is 2. The van der Waals surface area contributed by atoms with Crippen LogP contribution in [0.5, 0.6) is 0 Å². The summed E-state index contributed by atoms with van der Waals surface area (Å²) in [5.41, 5.74) is 1.45. The topological polar surface area (TPSA) is 92.3 Å². The molecule has 0 amide bonds. The number of carbonyl (C=O) groups excluding carboxylic acids is 2. The summed E-state index contributed by atoms with van der Waals surface area (Å²) >= 11 is 1.09. The number of hydrogen-bond acceptors (Lipinski definition) is 6. The fourth-order valence-electron chi connectivity index (χ4n) is 2.06. The number of nitrogens with zero attached hydrogens (tertiary/aromatic N) is 1. The molecule has 0 aliphatic heterocycles. The number of ketones is 1. The van der Waals surface area contributed by atoms with Crippen molar-refractivity contribution in [2.75, 3.05) is 13.2 Å². The van der Waals surface area contributed by atoms with Crippen LogP contribution in [0.1, 0.15) is 25.9 Å². The van der Waals surface area contributed by atoms with Gasteiger partial charge in [-0.2, -0.15) is 0 Å². The minimum Gasteiger partial charge on any atom is -0.459 e. The van der Waals surface area contributed by atoms with E-state index in [1.165, 1.54) is 5.38 Å². The Morgan fingerprint density at radius 3 is 2.95 bits per heavy atom. The number of rotatable bonds is 5. The number of aromatic amines is 1. The molecule has 2 aromatic heterocycles. The standard InChI is InChI=1S/C15H12N2O4S/c18-5-6-21-15(20)12-8-22-14(17-12)13(19)10-7-16-11-4-2-1-3-9(10)11/h1-4,7-8,16,18H,5-6H2. The second kappa shape index (κ2) is 6.08. The lowest BCUT2D eigenvalue weighted by Gasteiger charge is -1.98. The van der Waals surface area contributed by atoms with Crippen LogP contribution in [0.2, 0.25) is 0 Å². The quantitative estimate of drug-likeness (QED) is 0.555. The largest absolute Gasteiger partial charge is 0.459 e. The van der Waals surface area contributed by atoms with Gasteiger partial charge in [-0.15, -0.1) is 11.3 Å². The predicted octanol–water partition coefficient (Wildman–Crippen LogP) is 2.00. The number of H-pyrrole nitrogens is 1. The van der Waals surface area contributed by atoms with Gasteiger partial charge < -0.3 is 14.8 Å². The molecule has 2 heterocycles. The molecule has 0 aliphatic rings. The summed E-state index contributed by atoms with van der Waals surface area (Å²) < 4.78 is 4.77. The highest BCUT2D eigenvalue weighted by Gasteiger charge is 2.20. The van der Waals surface area contributed by atoms with Crippen molar-refractivity contribution in [1.29, 1.82) is 0 Å². The molecule has 112 valence electrons. The number of ether oxygens (including phenoxy) is 1. The molecule has 0 spiro atoms. The number of aliphatic hydroxyl groups excluding tert-OH is 1. The summed E-state index contributed by atoms with van der Waals surface area (Å²) in [6.07, 6.45) is 1.64. The van der Waals surface area contributed by atoms with Crippen LogP contribution in [0.15, 0.2) is 35.8 Å². The van der Waals surface area contributed by atoms with E-state index in [4.69, 9.17) is 9.84 Å². The summed E-state index contributed by atoms with van der Waals surface area (Å²) in [6, 6.07) is 7.47. The van der Waals surface area contributed by atoms with Crippen LogP contribution in [0.25, 0.3) is 10.9 Å². The maximum atomic E-state index is 12.5. The second-order valence-electron chi connectivity index (χ2n) is 4.47. The molecule has 0 saturated heterocycles. The van der Waals surface area contributed by atoms with Crippen LogP contribution in [-0.4, -0.2) is 40.0 Å². The van der Waals surface area contributed by atoms with Crippen LogP contribution in [0.3, 0.4) is 0 Å². The van der Waals surface area contributed by atoms with E-state index in [1.807, 2.05) is 24.3 Å². The Morgan fingerprint density at radius 1 is 1.32 bits per heavy atom. The number of carbonyl (C=O) groups is 2. The van der Waals surface area contributed by atoms with Gasteiger partial charge in [0.1, 0.15) is 6.61 Å². The monoisotopic (exact) mass is 316 g/mol. The normalized spacial score (nSPS) is 10.8. The molecule has 0 radical (unpaired) electrons. The summed E-state index contributed by atoms with van der Waals surface area (Å²) in [4.78, 5) is 31.2. The molecule has 22 heavy (non-hydrogen) atoms. The molecule has 1 aromatic carbocycles. The number of hydrogen-bond donors (Lipinski definition) is 2. The molecule has 0 bridgehead atoms. The van der Waals surface area contributed by atoms with Crippen LogP contribution in [-0.2, 0) is 4.74 Å². The van der Waals surface area contributed by atoms with Gasteiger partial charge in [-0.3, -0.25) is 4.79 Å². The second-order valence-corrected chi connectivity index (χ2v) is 5.33. The Balaban J connectivity index is 1.87. The van der Waals surface area contributed by atoms with Crippen molar-refractivity contribution in [3.8, 4) is 0 Å². The molecule has 2 N–H and O–H groups in total. The van der Waals surface area contributed by atoms with Gasteiger partial charge in [0, 0.05) is 22.5 Å². The Bertz CT molecular complexity index is 837. The Morgan fingerprint density at radius 2 is 2.14 bits per heavy atom. The Labute approximate surface area is 129 Å². The molecule has 0 fully saturated rings. The average molecular weight is 316 g/mol. The number of fused-ring (bicyclic) bond motifs is 1. The number of esters is 1. The number of benzene rings is 1. The van der Waals surface area contributed by atoms with Crippen molar-refractivity contribution in [2.45, 2.75) is 0 Å². The third kappa shape index (κ3) is 2.63. The maximum Gasteiger partial charge on any atom is 0.357 e. The van der Waals surface area contributed by atoms with E-state index in [0.717, 1.165) is 22.2 Å². The molecule has 0 saturated carbocycles. The first kappa shape index (κ1) is 14.4. The molecule has 0 atom stereocenters. The smallest absolute Gasteiger partial charge is 0.357 e. The number of para-hydroxylation sites is 1. The first-order valence-electron chi connectivity index (χ1n) is 6.55. The highest BCUT2D eigenvalue weighted by Crippen LogP contribution is 2.22. The zero-order chi connectivity index (χ0) is 15.5. The lowest BCUT2D eigenvalue weighted by molar-refractivity contribution is 0.0428. The van der Waals surface area contributed by atoms with Crippen LogP contribution in [0, 0.1) is 0 Å². The average Bonchev–Trinajstić information content (AvgIpc) is 3.19. The van der Waals surface area contributed by atoms with Crippen molar-refractivity contribution >= 4 is 34.0 Å². The van der Waals surface area contributed by atoms with Crippen molar-refractivity contribution in [3.05, 3.63) is 52.1 Å². The molecule has 0 aliphatic carbocycles. The molecule has 7 heteroatoms. The number of nitrogens with one attached hydrogen (secondary N) is 1. The number of aliphatic hydroxyl groups is 1. The maximum absolute atomic E-state index is 12.5. The van der Waals surface area contributed by atoms with Crippen LogP contribution >= 0.6 is 11.3 Å². The first-order valence-corrected chi connectivity index (χ1v) is 7.43. The van der Waals surface area contributed by atoms with Crippen LogP contribution in [0.4, 0.5) is 0 Å². The van der Waals surface area contributed by atoms with Gasteiger partial charge >= 0.3 is 5.97 Å². The highest BCUT2D eigenvalue weighted by molar-refractivity contribution is 7.12. The fraction of sp³-hybridized carbons (Fsp3) is 0.133. The first-order chi connectivity index (χ1) is 10.7. The van der Waals surface area contributed by atoms with E-state index in [9.17, 15) is 9.59 Å². The van der Waals surface area contributed by atoms with Gasteiger partial charge in [0.25, 0.3) is 0 Å². The van der Waals surface area contributed by atoms with Gasteiger partial charge in [0.15, 0.2) is 10.7 Å². The van der Waals surface area contributed by atoms with E-state index >= 15 is 0 Å². The summed E-state index contributed by atoms with van der Waals surface area (Å²) in [5, 5.41) is 11.1. The molecular weight excluding hydrogens is 304 g/mol. The van der Waals surface area contributed by atoms with Gasteiger partial charge in [0.2, 0.25) is 5.78 Å². The van der Waals surface area contributed by atoms with Gasteiger partial charge in [0.05, 0.1) is 12.2 Å². The van der Waals surface area contributed by atoms with Crippen molar-refractivity contribution in [1.82, 2.24) is 9.97 Å². The van der Waals surface area contributed by atoms with E-state index in [2.05, 4.69) is 9.97 Å². The molecular formula is C15H12N2O4S. The van der Waals surface area contributed by atoms with Gasteiger partial charge in [-0.25, -0.2) is 9.78 Å². The summed E-state index contributed by atoms with van der Waals surface area (Å²) in [6.45, 7) is -0.348. The summed E-state index contributed by atoms with van der Waals surface area (Å²) in [7, 11) is 0. The van der Waals surface area contributed by atoms with Gasteiger partial charge in [-0.05, 0) is 6.07 Å². The van der Waals surface area contributed by atoms with E-state index < -0.39 is 5.97 Å². The summed E-state index contributed by atoms with van der Waals surface area (Å²) in [5.74, 6) is -0.896. The van der Waals surface area contributed by atoms with Crippen molar-refractivity contribution < 1.29 is 19.4 Å². The highest BCUT2D eigenvalue weighted by atomic mass is 32.1. The van der Waals surface area contributed by atoms with Crippen molar-refractivity contribution in [2.24, 2.45) is 0 Å². The third-order valence-electron chi connectivity index (χ3n) is 3.07. The van der Waals surface area contributed by atoms with Crippen molar-refractivity contribution in [3.63, 3.8) is 0 Å². The minimum absolute atomic E-state index is 0.0710. The third-order valence-corrected chi connectivity index (χ3v) is 3.91. The van der Waals surface area contributed by atoms with E-state index in [0.29, 0.717) is 5.56 Å². The lowest BCUT2D eigenvalue weighted by Crippen LogP contribution is -2.10. The van der Waals surface area contributed by atoms with E-state index in [1.54, 1.807) is 6.20 Å².